The van der Waals surface area contributed by atoms with Crippen LogP contribution in [0.15, 0.2) is 36.0 Å². The first-order chi connectivity index (χ1) is 11.3. The highest BCUT2D eigenvalue weighted by molar-refractivity contribution is 5.94. The van der Waals surface area contributed by atoms with Crippen molar-refractivity contribution >= 4 is 11.5 Å². The van der Waals surface area contributed by atoms with Gasteiger partial charge in [0.25, 0.3) is 0 Å². The molecule has 2 aliphatic rings. The second-order valence-corrected chi connectivity index (χ2v) is 7.62. The molecule has 130 valence electrons. The molecule has 2 aliphatic heterocycles. The first-order valence-electron chi connectivity index (χ1n) is 8.74. The molecular weight excluding hydrogens is 300 g/mol. The molecule has 4 nitrogen and oxygen atoms in total. The number of likely N-dealkylation sites (N-methyl/N-ethyl adjacent to an activating group) is 1. The summed E-state index contributed by atoms with van der Waals surface area (Å²) in [4.78, 5) is 17.1. The van der Waals surface area contributed by atoms with Crippen LogP contribution in [0.5, 0.6) is 0 Å². The molecule has 2 atom stereocenters. The predicted octanol–water partition coefficient (Wildman–Crippen LogP) is 2.98. The van der Waals surface area contributed by atoms with Gasteiger partial charge in [0.1, 0.15) is 0 Å². The molecule has 0 aliphatic carbocycles. The van der Waals surface area contributed by atoms with E-state index in [1.807, 2.05) is 19.2 Å². The number of carbonyl (C=O) groups excluding carboxylic acids is 1. The van der Waals surface area contributed by atoms with Gasteiger partial charge in [-0.25, -0.2) is 0 Å². The van der Waals surface area contributed by atoms with Crippen molar-refractivity contribution in [2.75, 3.05) is 31.6 Å². The van der Waals surface area contributed by atoms with E-state index in [-0.39, 0.29) is 23.3 Å². The largest absolute Gasteiger partial charge is 0.376 e. The lowest BCUT2D eigenvalue weighted by Gasteiger charge is -2.36. The van der Waals surface area contributed by atoms with E-state index < -0.39 is 0 Å². The van der Waals surface area contributed by atoms with Gasteiger partial charge in [0, 0.05) is 42.5 Å². The quantitative estimate of drug-likeness (QED) is 0.799. The fraction of sp³-hybridized carbons (Fsp3) is 0.550. The summed E-state index contributed by atoms with van der Waals surface area (Å²) in [5.41, 5.74) is 3.39. The number of allylic oxidation sites excluding steroid dienone is 1. The Kier molecular flexibility index (Phi) is 4.54. The van der Waals surface area contributed by atoms with Crippen LogP contribution in [0.4, 0.5) is 5.69 Å². The molecule has 1 saturated heterocycles. The SMILES string of the molecule is C[C@@H]1CN(CC(=O)/C=C2/N(C)c3ccccc3C2(C)C)[C@@H](C)CO1. The number of para-hydroxylation sites is 1. The third kappa shape index (κ3) is 3.01. The number of hydrogen-bond acceptors (Lipinski definition) is 4. The minimum Gasteiger partial charge on any atom is -0.376 e. The first kappa shape index (κ1) is 17.2. The zero-order valence-electron chi connectivity index (χ0n) is 15.4. The molecule has 1 fully saturated rings. The van der Waals surface area contributed by atoms with Crippen molar-refractivity contribution < 1.29 is 9.53 Å². The number of benzene rings is 1. The Morgan fingerprint density at radius 1 is 1.33 bits per heavy atom. The van der Waals surface area contributed by atoms with E-state index in [1.54, 1.807) is 0 Å². The van der Waals surface area contributed by atoms with Crippen molar-refractivity contribution in [3.8, 4) is 0 Å². The lowest BCUT2D eigenvalue weighted by molar-refractivity contribution is -0.119. The van der Waals surface area contributed by atoms with Crippen molar-refractivity contribution in [2.45, 2.75) is 45.3 Å². The van der Waals surface area contributed by atoms with Crippen molar-refractivity contribution in [3.05, 3.63) is 41.6 Å². The maximum atomic E-state index is 12.7. The summed E-state index contributed by atoms with van der Waals surface area (Å²) in [7, 11) is 2.05. The molecule has 0 unspecified atom stereocenters. The summed E-state index contributed by atoms with van der Waals surface area (Å²) >= 11 is 0. The van der Waals surface area contributed by atoms with Gasteiger partial charge in [-0.15, -0.1) is 0 Å². The van der Waals surface area contributed by atoms with Crippen molar-refractivity contribution in [1.82, 2.24) is 4.90 Å². The molecule has 0 aromatic heterocycles. The molecule has 0 amide bonds. The summed E-state index contributed by atoms with van der Waals surface area (Å²) in [6.45, 7) is 10.5. The van der Waals surface area contributed by atoms with Gasteiger partial charge in [-0.2, -0.15) is 0 Å². The zero-order valence-corrected chi connectivity index (χ0v) is 15.4. The predicted molar refractivity (Wildman–Crippen MR) is 97.4 cm³/mol. The van der Waals surface area contributed by atoms with Crippen LogP contribution in [0.25, 0.3) is 0 Å². The maximum Gasteiger partial charge on any atom is 0.171 e. The summed E-state index contributed by atoms with van der Waals surface area (Å²) in [6.07, 6.45) is 2.03. The van der Waals surface area contributed by atoms with Crippen LogP contribution >= 0.6 is 0 Å². The number of nitrogens with zero attached hydrogens (tertiary/aromatic N) is 2. The summed E-state index contributed by atoms with van der Waals surface area (Å²) in [5.74, 6) is 0.165. The maximum absolute atomic E-state index is 12.7. The Balaban J connectivity index is 1.80. The molecule has 2 heterocycles. The van der Waals surface area contributed by atoms with Crippen LogP contribution < -0.4 is 4.90 Å². The molecular formula is C20H28N2O2. The average molecular weight is 328 g/mol. The molecule has 0 saturated carbocycles. The van der Waals surface area contributed by atoms with Gasteiger partial charge in [0.15, 0.2) is 5.78 Å². The summed E-state index contributed by atoms with van der Waals surface area (Å²) in [6, 6.07) is 8.68. The standard InChI is InChI=1S/C20H28N2O2/c1-14-13-24-15(2)11-22(14)12-16(23)10-19-20(3,4)17-8-6-7-9-18(17)21(19)5/h6-10,14-15H,11-13H2,1-5H3/b19-10+/t14-,15+/m0/s1. The fourth-order valence-corrected chi connectivity index (χ4v) is 3.85. The summed E-state index contributed by atoms with van der Waals surface area (Å²) in [5, 5.41) is 0. The Hall–Kier alpha value is -1.65. The lowest BCUT2D eigenvalue weighted by Crippen LogP contribution is -2.49. The number of ether oxygens (including phenoxy) is 1. The number of anilines is 1. The van der Waals surface area contributed by atoms with Crippen LogP contribution in [0.2, 0.25) is 0 Å². The number of rotatable bonds is 3. The molecule has 3 rings (SSSR count). The van der Waals surface area contributed by atoms with E-state index in [1.165, 1.54) is 11.3 Å². The van der Waals surface area contributed by atoms with Crippen LogP contribution in [-0.4, -0.2) is 49.6 Å². The summed E-state index contributed by atoms with van der Waals surface area (Å²) < 4.78 is 5.65. The van der Waals surface area contributed by atoms with Gasteiger partial charge < -0.3 is 9.64 Å². The first-order valence-corrected chi connectivity index (χ1v) is 8.74. The van der Waals surface area contributed by atoms with Crippen molar-refractivity contribution in [2.24, 2.45) is 0 Å². The van der Waals surface area contributed by atoms with E-state index in [4.69, 9.17) is 4.74 Å². The Bertz CT molecular complexity index is 665. The zero-order chi connectivity index (χ0) is 17.5. The average Bonchev–Trinajstić information content (AvgIpc) is 2.72. The van der Waals surface area contributed by atoms with Gasteiger partial charge >= 0.3 is 0 Å². The number of hydrogen-bond donors (Lipinski definition) is 0. The minimum absolute atomic E-state index is 0.148. The van der Waals surface area contributed by atoms with Gasteiger partial charge in [-0.1, -0.05) is 32.0 Å². The molecule has 4 heteroatoms. The smallest absolute Gasteiger partial charge is 0.171 e. The molecule has 0 bridgehead atoms. The second kappa shape index (κ2) is 6.34. The van der Waals surface area contributed by atoms with Crippen LogP contribution in [-0.2, 0) is 14.9 Å². The van der Waals surface area contributed by atoms with Gasteiger partial charge in [-0.05, 0) is 25.5 Å². The lowest BCUT2D eigenvalue weighted by atomic mass is 9.83. The van der Waals surface area contributed by atoms with Gasteiger partial charge in [0.05, 0.1) is 19.3 Å². The van der Waals surface area contributed by atoms with Gasteiger partial charge in [-0.3, -0.25) is 9.69 Å². The third-order valence-electron chi connectivity index (χ3n) is 5.33. The Labute approximate surface area is 145 Å². The fourth-order valence-electron chi connectivity index (χ4n) is 3.85. The van der Waals surface area contributed by atoms with Crippen molar-refractivity contribution in [1.29, 1.82) is 0 Å². The van der Waals surface area contributed by atoms with Crippen LogP contribution in [0.3, 0.4) is 0 Å². The van der Waals surface area contributed by atoms with Crippen molar-refractivity contribution in [3.63, 3.8) is 0 Å². The number of morpholine rings is 1. The Morgan fingerprint density at radius 3 is 2.75 bits per heavy atom. The Morgan fingerprint density at radius 2 is 2.04 bits per heavy atom. The monoisotopic (exact) mass is 328 g/mol. The van der Waals surface area contributed by atoms with E-state index in [0.29, 0.717) is 13.2 Å². The highest BCUT2D eigenvalue weighted by atomic mass is 16.5. The second-order valence-electron chi connectivity index (χ2n) is 7.62. The van der Waals surface area contributed by atoms with Crippen LogP contribution in [0, 0.1) is 0 Å². The molecule has 24 heavy (non-hydrogen) atoms. The number of fused-ring (bicyclic) bond motifs is 1. The van der Waals surface area contributed by atoms with E-state index in [2.05, 4.69) is 55.7 Å². The normalized spacial score (nSPS) is 28.2. The third-order valence-corrected chi connectivity index (χ3v) is 5.33. The minimum atomic E-state index is -0.148. The van der Waals surface area contributed by atoms with Gasteiger partial charge in [0.2, 0.25) is 0 Å². The molecule has 1 aromatic carbocycles. The number of carbonyl (C=O) groups is 1. The molecule has 1 aromatic rings. The highest BCUT2D eigenvalue weighted by Gasteiger charge is 2.38. The molecule has 0 spiro atoms. The molecule has 0 radical (unpaired) electrons. The van der Waals surface area contributed by atoms with E-state index >= 15 is 0 Å². The van der Waals surface area contributed by atoms with Crippen LogP contribution in [0.1, 0.15) is 33.3 Å². The highest BCUT2D eigenvalue weighted by Crippen LogP contribution is 2.46. The van der Waals surface area contributed by atoms with E-state index in [9.17, 15) is 4.79 Å². The topological polar surface area (TPSA) is 32.8 Å². The number of ketones is 1. The molecule has 0 N–H and O–H groups in total. The van der Waals surface area contributed by atoms with E-state index in [0.717, 1.165) is 12.2 Å².